The van der Waals surface area contributed by atoms with E-state index in [2.05, 4.69) is 45.2 Å². The van der Waals surface area contributed by atoms with Crippen LogP contribution in [0, 0.1) is 0 Å². The van der Waals surface area contributed by atoms with Gasteiger partial charge in [0.15, 0.2) is 0 Å². The van der Waals surface area contributed by atoms with Crippen molar-refractivity contribution in [2.24, 2.45) is 0 Å². The molecule has 2 nitrogen and oxygen atoms in total. The lowest BCUT2D eigenvalue weighted by Gasteiger charge is -2.41. The van der Waals surface area contributed by atoms with Crippen molar-refractivity contribution in [3.8, 4) is 0 Å². The largest absolute Gasteiger partial charge is 0.365 e. The van der Waals surface area contributed by atoms with Gasteiger partial charge in [0, 0.05) is 28.3 Å². The van der Waals surface area contributed by atoms with Crippen molar-refractivity contribution in [2.75, 3.05) is 11.4 Å². The second-order valence-corrected chi connectivity index (χ2v) is 7.27. The first kappa shape index (κ1) is 14.7. The van der Waals surface area contributed by atoms with E-state index < -0.39 is 0 Å². The van der Waals surface area contributed by atoms with E-state index in [9.17, 15) is 0 Å². The van der Waals surface area contributed by atoms with Gasteiger partial charge in [0.05, 0.1) is 5.02 Å². The third-order valence-electron chi connectivity index (χ3n) is 4.62. The van der Waals surface area contributed by atoms with Crippen LogP contribution in [0.2, 0.25) is 5.02 Å². The second-order valence-electron chi connectivity index (χ2n) is 6.01. The Morgan fingerprint density at radius 3 is 2.60 bits per heavy atom. The van der Waals surface area contributed by atoms with Gasteiger partial charge in [0.25, 0.3) is 0 Å². The maximum Gasteiger partial charge on any atom is 0.0549 e. The molecule has 110 valence electrons. The zero-order valence-electron chi connectivity index (χ0n) is 11.9. The fourth-order valence-corrected chi connectivity index (χ4v) is 4.24. The van der Waals surface area contributed by atoms with Crippen LogP contribution in [-0.4, -0.2) is 24.7 Å². The number of nitrogens with one attached hydrogen (secondary N) is 1. The van der Waals surface area contributed by atoms with E-state index in [1.807, 2.05) is 6.07 Å². The Morgan fingerprint density at radius 1 is 1.30 bits per heavy atom. The molecule has 1 aromatic carbocycles. The first-order chi connectivity index (χ1) is 9.69. The molecule has 0 aliphatic carbocycles. The Labute approximate surface area is 135 Å². The van der Waals surface area contributed by atoms with Gasteiger partial charge in [-0.1, -0.05) is 18.5 Å². The number of piperidine rings is 1. The summed E-state index contributed by atoms with van der Waals surface area (Å²) in [7, 11) is 0. The van der Waals surface area contributed by atoms with Crippen molar-refractivity contribution >= 4 is 33.2 Å². The number of benzene rings is 1. The molecule has 0 saturated carbocycles. The summed E-state index contributed by atoms with van der Waals surface area (Å²) in [6.07, 6.45) is 6.43. The number of nitrogens with zero attached hydrogens (tertiary/aromatic N) is 1. The predicted octanol–water partition coefficient (Wildman–Crippen LogP) is 4.60. The van der Waals surface area contributed by atoms with Crippen LogP contribution in [0.25, 0.3) is 0 Å². The van der Waals surface area contributed by atoms with Crippen LogP contribution in [0.5, 0.6) is 0 Å². The second kappa shape index (κ2) is 6.25. The minimum absolute atomic E-state index is 0.691. The Kier molecular flexibility index (Phi) is 4.58. The van der Waals surface area contributed by atoms with Gasteiger partial charge < -0.3 is 10.2 Å². The fraction of sp³-hybridized carbons (Fsp3) is 0.625. The molecule has 2 saturated heterocycles. The molecule has 0 spiro atoms. The minimum atomic E-state index is 0.691. The lowest BCUT2D eigenvalue weighted by Crippen LogP contribution is -2.49. The first-order valence-corrected chi connectivity index (χ1v) is 8.83. The van der Waals surface area contributed by atoms with Crippen LogP contribution in [0.3, 0.4) is 0 Å². The van der Waals surface area contributed by atoms with Gasteiger partial charge >= 0.3 is 0 Å². The molecule has 2 heterocycles. The van der Waals surface area contributed by atoms with E-state index >= 15 is 0 Å². The summed E-state index contributed by atoms with van der Waals surface area (Å²) in [5.74, 6) is 0. The summed E-state index contributed by atoms with van der Waals surface area (Å²) < 4.78 is 1.00. The van der Waals surface area contributed by atoms with Crippen LogP contribution in [0.1, 0.15) is 39.0 Å². The van der Waals surface area contributed by atoms with Crippen LogP contribution < -0.4 is 10.2 Å². The van der Waals surface area contributed by atoms with Crippen molar-refractivity contribution in [3.05, 3.63) is 27.7 Å². The number of fused-ring (bicyclic) bond motifs is 2. The average Bonchev–Trinajstić information content (AvgIpc) is 2.71. The van der Waals surface area contributed by atoms with Crippen molar-refractivity contribution in [1.29, 1.82) is 0 Å². The molecule has 0 amide bonds. The molecule has 2 atom stereocenters. The molecular weight excluding hydrogens is 336 g/mol. The number of rotatable bonds is 4. The summed E-state index contributed by atoms with van der Waals surface area (Å²) in [6, 6.07) is 8.43. The summed E-state index contributed by atoms with van der Waals surface area (Å²) >= 11 is 9.66. The van der Waals surface area contributed by atoms with Crippen molar-refractivity contribution < 1.29 is 0 Å². The molecular formula is C16H22BrClN2. The van der Waals surface area contributed by atoms with E-state index in [0.717, 1.165) is 16.0 Å². The lowest BCUT2D eigenvalue weighted by molar-refractivity contribution is 0.357. The van der Waals surface area contributed by atoms with Crippen LogP contribution in [0.15, 0.2) is 22.7 Å². The Balaban J connectivity index is 1.74. The zero-order valence-corrected chi connectivity index (χ0v) is 14.3. The highest BCUT2D eigenvalue weighted by Gasteiger charge is 2.40. The number of anilines is 1. The molecule has 2 bridgehead atoms. The van der Waals surface area contributed by atoms with Gasteiger partial charge in [-0.2, -0.15) is 0 Å². The lowest BCUT2D eigenvalue weighted by atomic mass is 9.96. The standard InChI is InChI=1S/C16H22BrClN2/c1-2-7-19-11-8-12-3-4-13(9-11)20(12)14-5-6-16(18)15(17)10-14/h5-6,10-13,19H,2-4,7-9H2,1H3. The van der Waals surface area contributed by atoms with Gasteiger partial charge in [-0.3, -0.25) is 0 Å². The zero-order chi connectivity index (χ0) is 14.1. The molecule has 4 heteroatoms. The molecule has 2 fully saturated rings. The molecule has 2 aliphatic rings. The van der Waals surface area contributed by atoms with Gasteiger partial charge in [0.2, 0.25) is 0 Å². The van der Waals surface area contributed by atoms with Gasteiger partial charge in [-0.25, -0.2) is 0 Å². The molecule has 1 aromatic rings. The highest BCUT2D eigenvalue weighted by molar-refractivity contribution is 9.10. The smallest absolute Gasteiger partial charge is 0.0549 e. The quantitative estimate of drug-likeness (QED) is 0.847. The number of hydrogen-bond acceptors (Lipinski definition) is 2. The third kappa shape index (κ3) is 2.86. The van der Waals surface area contributed by atoms with E-state index in [-0.39, 0.29) is 0 Å². The highest BCUT2D eigenvalue weighted by atomic mass is 79.9. The maximum absolute atomic E-state index is 6.11. The van der Waals surface area contributed by atoms with Gasteiger partial charge in [-0.05, 0) is 72.8 Å². The van der Waals surface area contributed by atoms with E-state index in [0.29, 0.717) is 18.1 Å². The molecule has 2 aliphatic heterocycles. The summed E-state index contributed by atoms with van der Waals surface area (Å²) in [4.78, 5) is 2.63. The van der Waals surface area contributed by atoms with E-state index in [4.69, 9.17) is 11.6 Å². The third-order valence-corrected chi connectivity index (χ3v) is 5.83. The first-order valence-electron chi connectivity index (χ1n) is 7.65. The van der Waals surface area contributed by atoms with Crippen molar-refractivity contribution in [1.82, 2.24) is 5.32 Å². The molecule has 20 heavy (non-hydrogen) atoms. The Bertz CT molecular complexity index is 466. The molecule has 3 rings (SSSR count). The van der Waals surface area contributed by atoms with Gasteiger partial charge in [-0.15, -0.1) is 0 Å². The Morgan fingerprint density at radius 2 is 2.00 bits per heavy atom. The molecule has 0 aromatic heterocycles. The average molecular weight is 358 g/mol. The van der Waals surface area contributed by atoms with E-state index in [1.54, 1.807) is 0 Å². The SMILES string of the molecule is CCCNC1CC2CCC(C1)N2c1ccc(Cl)c(Br)c1. The summed E-state index contributed by atoms with van der Waals surface area (Å²) in [6.45, 7) is 3.39. The summed E-state index contributed by atoms with van der Waals surface area (Å²) in [5.41, 5.74) is 1.32. The van der Waals surface area contributed by atoms with Crippen molar-refractivity contribution in [2.45, 2.75) is 57.2 Å². The maximum atomic E-state index is 6.11. The highest BCUT2D eigenvalue weighted by Crippen LogP contribution is 2.40. The monoisotopic (exact) mass is 356 g/mol. The van der Waals surface area contributed by atoms with E-state index in [1.165, 1.54) is 37.8 Å². The van der Waals surface area contributed by atoms with Gasteiger partial charge in [0.1, 0.15) is 0 Å². The molecule has 2 unspecified atom stereocenters. The predicted molar refractivity (Wildman–Crippen MR) is 89.8 cm³/mol. The van der Waals surface area contributed by atoms with Crippen LogP contribution in [0.4, 0.5) is 5.69 Å². The molecule has 0 radical (unpaired) electrons. The summed E-state index contributed by atoms with van der Waals surface area (Å²) in [5, 5.41) is 4.50. The van der Waals surface area contributed by atoms with Crippen LogP contribution in [-0.2, 0) is 0 Å². The van der Waals surface area contributed by atoms with Crippen LogP contribution >= 0.6 is 27.5 Å². The normalized spacial score (nSPS) is 28.9. The van der Waals surface area contributed by atoms with Crippen molar-refractivity contribution in [3.63, 3.8) is 0 Å². The fourth-order valence-electron chi connectivity index (χ4n) is 3.76. The minimum Gasteiger partial charge on any atom is -0.365 e. The number of halogens is 2. The Hall–Kier alpha value is -0.250. The number of hydrogen-bond donors (Lipinski definition) is 1. The molecule has 1 N–H and O–H groups in total. The topological polar surface area (TPSA) is 15.3 Å².